The Bertz CT molecular complexity index is 247. The van der Waals surface area contributed by atoms with E-state index < -0.39 is 0 Å². The highest BCUT2D eigenvalue weighted by molar-refractivity contribution is 4.82. The van der Waals surface area contributed by atoms with Gasteiger partial charge in [0.2, 0.25) is 0 Å². The van der Waals surface area contributed by atoms with Gasteiger partial charge in [0.1, 0.15) is 0 Å². The Morgan fingerprint density at radius 2 is 1.60 bits per heavy atom. The first kappa shape index (κ1) is 17.9. The first-order valence-corrected chi connectivity index (χ1v) is 8.71. The van der Waals surface area contributed by atoms with Crippen LogP contribution in [-0.2, 0) is 0 Å². The molecular formula is C17H37N3. The smallest absolute Gasteiger partial charge is 0.0110 e. The molecule has 20 heavy (non-hydrogen) atoms. The molecule has 2 fully saturated rings. The summed E-state index contributed by atoms with van der Waals surface area (Å²) >= 11 is 0. The summed E-state index contributed by atoms with van der Waals surface area (Å²) in [6, 6.07) is 0.719. The summed E-state index contributed by atoms with van der Waals surface area (Å²) < 4.78 is 0. The molecule has 3 nitrogen and oxygen atoms in total. The molecule has 3 heteroatoms. The minimum Gasteiger partial charge on any atom is -0.304 e. The van der Waals surface area contributed by atoms with Gasteiger partial charge in [-0.05, 0) is 45.7 Å². The van der Waals surface area contributed by atoms with E-state index in [1.165, 1.54) is 52.2 Å². The van der Waals surface area contributed by atoms with Crippen LogP contribution in [0.4, 0.5) is 0 Å². The molecule has 0 aromatic carbocycles. The van der Waals surface area contributed by atoms with E-state index in [2.05, 4.69) is 42.5 Å². The minimum absolute atomic E-state index is 0.719. The molecule has 2 heterocycles. The van der Waals surface area contributed by atoms with Gasteiger partial charge in [-0.2, -0.15) is 0 Å². The largest absolute Gasteiger partial charge is 0.304 e. The van der Waals surface area contributed by atoms with Crippen LogP contribution in [-0.4, -0.2) is 73.6 Å². The lowest BCUT2D eigenvalue weighted by atomic mass is 9.85. The molecule has 0 bridgehead atoms. The van der Waals surface area contributed by atoms with Crippen LogP contribution in [0.25, 0.3) is 0 Å². The van der Waals surface area contributed by atoms with E-state index in [-0.39, 0.29) is 0 Å². The van der Waals surface area contributed by atoms with Crippen LogP contribution >= 0.6 is 0 Å². The molecule has 0 amide bonds. The van der Waals surface area contributed by atoms with E-state index in [0.29, 0.717) is 0 Å². The van der Waals surface area contributed by atoms with Gasteiger partial charge in [0.05, 0.1) is 0 Å². The standard InChI is InChI=1S/C15H31N3.C2H6/c1-13(2)18-6-5-15(14(3)11-18)12-17-9-7-16(4)8-10-17;1-2/h13-15H,5-12H2,1-4H3;1-2H3/t14-,15?;/m1./s1. The van der Waals surface area contributed by atoms with Gasteiger partial charge in [-0.15, -0.1) is 0 Å². The van der Waals surface area contributed by atoms with Gasteiger partial charge in [0, 0.05) is 45.3 Å². The Balaban J connectivity index is 0.000000956. The molecule has 0 aromatic rings. The molecule has 0 N–H and O–H groups in total. The molecule has 0 saturated carbocycles. The maximum atomic E-state index is 2.69. The second-order valence-electron chi connectivity index (χ2n) is 6.72. The third-order valence-corrected chi connectivity index (χ3v) is 4.93. The van der Waals surface area contributed by atoms with Gasteiger partial charge in [0.25, 0.3) is 0 Å². The zero-order chi connectivity index (χ0) is 15.1. The first-order chi connectivity index (χ1) is 9.56. The second kappa shape index (κ2) is 9.01. The molecule has 1 unspecified atom stereocenters. The van der Waals surface area contributed by atoms with Crippen molar-refractivity contribution in [1.82, 2.24) is 14.7 Å². The van der Waals surface area contributed by atoms with Gasteiger partial charge < -0.3 is 14.7 Å². The lowest BCUT2D eigenvalue weighted by Gasteiger charge is -2.42. The molecule has 0 aliphatic carbocycles. The first-order valence-electron chi connectivity index (χ1n) is 8.71. The third kappa shape index (κ3) is 5.34. The molecule has 2 atom stereocenters. The van der Waals surface area contributed by atoms with Crippen molar-refractivity contribution in [3.63, 3.8) is 0 Å². The summed E-state index contributed by atoms with van der Waals surface area (Å²) in [6.45, 7) is 20.1. The minimum atomic E-state index is 0.719. The molecule has 0 aromatic heterocycles. The average Bonchev–Trinajstić information content (AvgIpc) is 2.45. The molecular weight excluding hydrogens is 246 g/mol. The van der Waals surface area contributed by atoms with Crippen LogP contribution in [0.1, 0.15) is 41.0 Å². The summed E-state index contributed by atoms with van der Waals surface area (Å²) in [5.41, 5.74) is 0. The Hall–Kier alpha value is -0.120. The van der Waals surface area contributed by atoms with E-state index in [9.17, 15) is 0 Å². The van der Waals surface area contributed by atoms with Crippen molar-refractivity contribution in [1.29, 1.82) is 0 Å². The van der Waals surface area contributed by atoms with Gasteiger partial charge in [-0.3, -0.25) is 0 Å². The SMILES string of the molecule is CC.CC(C)N1CCC(CN2CCN(C)CC2)[C@H](C)C1. The van der Waals surface area contributed by atoms with Crippen molar-refractivity contribution in [2.24, 2.45) is 11.8 Å². The number of rotatable bonds is 3. The van der Waals surface area contributed by atoms with Crippen molar-refractivity contribution in [2.45, 2.75) is 47.1 Å². The lowest BCUT2D eigenvalue weighted by Crippen LogP contribution is -2.50. The fraction of sp³-hybridized carbons (Fsp3) is 1.00. The highest BCUT2D eigenvalue weighted by Crippen LogP contribution is 2.25. The van der Waals surface area contributed by atoms with Gasteiger partial charge in [0.15, 0.2) is 0 Å². The van der Waals surface area contributed by atoms with Crippen molar-refractivity contribution < 1.29 is 0 Å². The van der Waals surface area contributed by atoms with E-state index in [0.717, 1.165) is 17.9 Å². The summed E-state index contributed by atoms with van der Waals surface area (Å²) in [6.07, 6.45) is 1.39. The summed E-state index contributed by atoms with van der Waals surface area (Å²) in [5, 5.41) is 0. The Labute approximate surface area is 127 Å². The van der Waals surface area contributed by atoms with Crippen molar-refractivity contribution in [3.05, 3.63) is 0 Å². The predicted molar refractivity (Wildman–Crippen MR) is 89.3 cm³/mol. The van der Waals surface area contributed by atoms with Gasteiger partial charge in [-0.1, -0.05) is 20.8 Å². The van der Waals surface area contributed by atoms with E-state index in [4.69, 9.17) is 0 Å². The molecule has 2 aliphatic rings. The van der Waals surface area contributed by atoms with Crippen LogP contribution in [0.3, 0.4) is 0 Å². The number of piperazine rings is 1. The number of hydrogen-bond donors (Lipinski definition) is 0. The lowest BCUT2D eigenvalue weighted by molar-refractivity contribution is 0.0626. The van der Waals surface area contributed by atoms with Gasteiger partial charge in [-0.25, -0.2) is 0 Å². The van der Waals surface area contributed by atoms with E-state index in [1.807, 2.05) is 13.8 Å². The van der Waals surface area contributed by atoms with E-state index >= 15 is 0 Å². The fourth-order valence-corrected chi connectivity index (χ4v) is 3.33. The normalized spacial score (nSPS) is 30.1. The maximum absolute atomic E-state index is 2.69. The Morgan fingerprint density at radius 1 is 1.00 bits per heavy atom. The van der Waals surface area contributed by atoms with Crippen LogP contribution in [0.2, 0.25) is 0 Å². The number of likely N-dealkylation sites (N-methyl/N-ethyl adjacent to an activating group) is 1. The third-order valence-electron chi connectivity index (χ3n) is 4.93. The molecule has 0 radical (unpaired) electrons. The van der Waals surface area contributed by atoms with Crippen LogP contribution in [0, 0.1) is 11.8 Å². The Morgan fingerprint density at radius 3 is 2.10 bits per heavy atom. The quantitative estimate of drug-likeness (QED) is 0.788. The zero-order valence-electron chi connectivity index (χ0n) is 14.7. The number of likely N-dealkylation sites (tertiary alicyclic amines) is 1. The monoisotopic (exact) mass is 283 g/mol. The Kier molecular flexibility index (Phi) is 8.08. The van der Waals surface area contributed by atoms with E-state index in [1.54, 1.807) is 0 Å². The van der Waals surface area contributed by atoms with Crippen LogP contribution in [0.15, 0.2) is 0 Å². The van der Waals surface area contributed by atoms with Crippen molar-refractivity contribution in [3.8, 4) is 0 Å². The fourth-order valence-electron chi connectivity index (χ4n) is 3.33. The highest BCUT2D eigenvalue weighted by Gasteiger charge is 2.29. The summed E-state index contributed by atoms with van der Waals surface area (Å²) in [4.78, 5) is 7.78. The number of nitrogens with zero attached hydrogens (tertiary/aromatic N) is 3. The molecule has 0 spiro atoms. The second-order valence-corrected chi connectivity index (χ2v) is 6.72. The summed E-state index contributed by atoms with van der Waals surface area (Å²) in [5.74, 6) is 1.78. The predicted octanol–water partition coefficient (Wildman–Crippen LogP) is 2.63. The van der Waals surface area contributed by atoms with Crippen LogP contribution < -0.4 is 0 Å². The molecule has 2 saturated heterocycles. The number of hydrogen-bond acceptors (Lipinski definition) is 3. The zero-order valence-corrected chi connectivity index (χ0v) is 14.7. The summed E-state index contributed by atoms with van der Waals surface area (Å²) in [7, 11) is 2.24. The maximum Gasteiger partial charge on any atom is 0.0110 e. The van der Waals surface area contributed by atoms with Gasteiger partial charge >= 0.3 is 0 Å². The highest BCUT2D eigenvalue weighted by atomic mass is 15.2. The van der Waals surface area contributed by atoms with Crippen molar-refractivity contribution >= 4 is 0 Å². The van der Waals surface area contributed by atoms with Crippen LogP contribution in [0.5, 0.6) is 0 Å². The molecule has 120 valence electrons. The molecule has 2 rings (SSSR count). The average molecular weight is 284 g/mol. The topological polar surface area (TPSA) is 9.72 Å². The molecule has 2 aliphatic heterocycles. The number of piperidine rings is 1. The van der Waals surface area contributed by atoms with Crippen molar-refractivity contribution in [2.75, 3.05) is 52.9 Å².